The largest absolute Gasteiger partial charge is 0.373 e. The second kappa shape index (κ2) is 10.1. The summed E-state index contributed by atoms with van der Waals surface area (Å²) in [5.74, 6) is 1.32. The second-order valence-corrected chi connectivity index (χ2v) is 8.54. The normalized spacial score (nSPS) is 22.7. The first kappa shape index (κ1) is 21.6. The van der Waals surface area contributed by atoms with Crippen molar-refractivity contribution in [3.63, 3.8) is 0 Å². The predicted molar refractivity (Wildman–Crippen MR) is 116 cm³/mol. The van der Waals surface area contributed by atoms with Crippen LogP contribution in [0, 0.1) is 5.92 Å². The van der Waals surface area contributed by atoms with E-state index in [-0.39, 0.29) is 18.6 Å². The Kier molecular flexibility index (Phi) is 7.50. The molecule has 2 heterocycles. The van der Waals surface area contributed by atoms with Crippen LogP contribution in [-0.4, -0.2) is 92.1 Å². The van der Waals surface area contributed by atoms with Crippen molar-refractivity contribution in [2.75, 3.05) is 53.4 Å². The minimum atomic E-state index is 0.00687. The maximum Gasteiger partial charge on any atom is 0.243 e. The summed E-state index contributed by atoms with van der Waals surface area (Å²) in [7, 11) is 3.53. The zero-order chi connectivity index (χ0) is 20.8. The molecular formula is C22H35N5O2. The Hall–Kier alpha value is -2.12. The molecule has 1 aromatic carbocycles. The van der Waals surface area contributed by atoms with E-state index in [9.17, 15) is 4.79 Å². The molecule has 0 bridgehead atoms. The van der Waals surface area contributed by atoms with Crippen LogP contribution in [0.15, 0.2) is 35.3 Å². The second-order valence-electron chi connectivity index (χ2n) is 8.54. The highest BCUT2D eigenvalue weighted by molar-refractivity contribution is 5.85. The number of amides is 1. The summed E-state index contributed by atoms with van der Waals surface area (Å²) >= 11 is 0. The van der Waals surface area contributed by atoms with E-state index in [0.717, 1.165) is 45.3 Å². The number of nitrogens with zero attached hydrogens (tertiary/aromatic N) is 4. The van der Waals surface area contributed by atoms with Gasteiger partial charge in [0, 0.05) is 46.8 Å². The number of nitrogens with one attached hydrogen (secondary N) is 1. The van der Waals surface area contributed by atoms with E-state index >= 15 is 0 Å². The van der Waals surface area contributed by atoms with Crippen LogP contribution in [0.5, 0.6) is 0 Å². The molecule has 2 fully saturated rings. The molecule has 1 N–H and O–H groups in total. The Morgan fingerprint density at radius 3 is 2.72 bits per heavy atom. The lowest BCUT2D eigenvalue weighted by molar-refractivity contribution is -0.127. The average molecular weight is 402 g/mol. The molecule has 0 spiro atoms. The zero-order valence-corrected chi connectivity index (χ0v) is 18.2. The van der Waals surface area contributed by atoms with Gasteiger partial charge in [0.15, 0.2) is 5.96 Å². The summed E-state index contributed by atoms with van der Waals surface area (Å²) in [5.41, 5.74) is 1.33. The van der Waals surface area contributed by atoms with E-state index in [2.05, 4.69) is 64.3 Å². The molecule has 1 amide bonds. The van der Waals surface area contributed by atoms with Crippen molar-refractivity contribution in [3.8, 4) is 0 Å². The molecule has 0 saturated carbocycles. The molecule has 0 aliphatic carbocycles. The molecule has 7 heteroatoms. The number of benzene rings is 1. The van der Waals surface area contributed by atoms with Crippen molar-refractivity contribution >= 4 is 11.9 Å². The monoisotopic (exact) mass is 401 g/mol. The van der Waals surface area contributed by atoms with Crippen LogP contribution >= 0.6 is 0 Å². The molecule has 2 atom stereocenters. The molecular weight excluding hydrogens is 366 g/mol. The van der Waals surface area contributed by atoms with Crippen molar-refractivity contribution in [2.45, 2.75) is 32.5 Å². The summed E-state index contributed by atoms with van der Waals surface area (Å²) in [6.07, 6.45) is 0.170. The topological polar surface area (TPSA) is 60.4 Å². The molecule has 2 aliphatic heterocycles. The van der Waals surface area contributed by atoms with E-state index in [1.807, 2.05) is 0 Å². The maximum absolute atomic E-state index is 12.0. The first-order chi connectivity index (χ1) is 13.9. The van der Waals surface area contributed by atoms with Crippen LogP contribution in [0.1, 0.15) is 19.4 Å². The van der Waals surface area contributed by atoms with Gasteiger partial charge in [-0.1, -0.05) is 44.2 Å². The van der Waals surface area contributed by atoms with Crippen LogP contribution < -0.4 is 5.32 Å². The molecule has 29 heavy (non-hydrogen) atoms. The highest BCUT2D eigenvalue weighted by Crippen LogP contribution is 2.24. The Balaban J connectivity index is 1.69. The molecule has 0 aromatic heterocycles. The summed E-state index contributed by atoms with van der Waals surface area (Å²) in [6.45, 7) is 9.62. The van der Waals surface area contributed by atoms with E-state index in [1.165, 1.54) is 5.56 Å². The standard InChI is InChI=1S/C22H35N5O2/c1-17(2)12-23-22(24-13-21(28)25(3)4)27-15-19-20(16-27)29-11-10-26(19)14-18-8-6-5-7-9-18/h5-9,17,19-20H,10-16H2,1-4H3,(H,23,24). The van der Waals surface area contributed by atoms with Gasteiger partial charge in [0.25, 0.3) is 0 Å². The molecule has 3 rings (SSSR count). The van der Waals surface area contributed by atoms with Crippen LogP contribution in [0.25, 0.3) is 0 Å². The third-order valence-electron chi connectivity index (χ3n) is 5.48. The number of ether oxygens (including phenoxy) is 1. The van der Waals surface area contributed by atoms with Crippen molar-refractivity contribution in [1.29, 1.82) is 0 Å². The minimum absolute atomic E-state index is 0.00687. The molecule has 2 saturated heterocycles. The van der Waals surface area contributed by atoms with E-state index in [1.54, 1.807) is 19.0 Å². The number of carbonyl (C=O) groups is 1. The number of carbonyl (C=O) groups excluding carboxylic acids is 1. The Morgan fingerprint density at radius 1 is 1.28 bits per heavy atom. The van der Waals surface area contributed by atoms with Gasteiger partial charge in [0.2, 0.25) is 5.91 Å². The van der Waals surface area contributed by atoms with Gasteiger partial charge in [0.05, 0.1) is 18.8 Å². The van der Waals surface area contributed by atoms with Crippen LogP contribution in [0.2, 0.25) is 0 Å². The summed E-state index contributed by atoms with van der Waals surface area (Å²) in [6, 6.07) is 10.9. The number of likely N-dealkylation sites (N-methyl/N-ethyl adjacent to an activating group) is 1. The quantitative estimate of drug-likeness (QED) is 0.575. The lowest BCUT2D eigenvalue weighted by Gasteiger charge is -2.36. The summed E-state index contributed by atoms with van der Waals surface area (Å²) in [5, 5.41) is 3.46. The van der Waals surface area contributed by atoms with Crippen molar-refractivity contribution in [1.82, 2.24) is 20.0 Å². The number of fused-ring (bicyclic) bond motifs is 1. The average Bonchev–Trinajstić information content (AvgIpc) is 3.13. The fourth-order valence-electron chi connectivity index (χ4n) is 3.79. The number of aliphatic imine (C=N–C) groups is 1. The third-order valence-corrected chi connectivity index (χ3v) is 5.48. The van der Waals surface area contributed by atoms with Gasteiger partial charge in [-0.25, -0.2) is 4.99 Å². The number of guanidine groups is 1. The van der Waals surface area contributed by atoms with Gasteiger partial charge >= 0.3 is 0 Å². The van der Waals surface area contributed by atoms with Gasteiger partial charge in [0.1, 0.15) is 6.54 Å². The van der Waals surface area contributed by atoms with Crippen LogP contribution in [0.4, 0.5) is 0 Å². The van der Waals surface area contributed by atoms with Crippen molar-refractivity contribution in [3.05, 3.63) is 35.9 Å². The lowest BCUT2D eigenvalue weighted by Crippen LogP contribution is -2.50. The molecule has 7 nitrogen and oxygen atoms in total. The fraction of sp³-hybridized carbons (Fsp3) is 0.636. The van der Waals surface area contributed by atoms with Gasteiger partial charge in [-0.05, 0) is 11.5 Å². The Labute approximate surface area is 174 Å². The van der Waals surface area contributed by atoms with Gasteiger partial charge in [-0.15, -0.1) is 0 Å². The van der Waals surface area contributed by atoms with E-state index < -0.39 is 0 Å². The molecule has 2 aliphatic rings. The molecule has 2 unspecified atom stereocenters. The smallest absolute Gasteiger partial charge is 0.243 e. The van der Waals surface area contributed by atoms with E-state index in [4.69, 9.17) is 4.74 Å². The third kappa shape index (κ3) is 5.93. The molecule has 160 valence electrons. The number of likely N-dealkylation sites (tertiary alicyclic amines) is 1. The fourth-order valence-corrected chi connectivity index (χ4v) is 3.79. The maximum atomic E-state index is 12.0. The van der Waals surface area contributed by atoms with Crippen LogP contribution in [0.3, 0.4) is 0 Å². The molecule has 0 radical (unpaired) electrons. The minimum Gasteiger partial charge on any atom is -0.373 e. The predicted octanol–water partition coefficient (Wildman–Crippen LogP) is 1.26. The van der Waals surface area contributed by atoms with Gasteiger partial charge in [-0.2, -0.15) is 0 Å². The van der Waals surface area contributed by atoms with E-state index in [0.29, 0.717) is 12.0 Å². The lowest BCUT2D eigenvalue weighted by atomic mass is 10.1. The van der Waals surface area contributed by atoms with Crippen molar-refractivity contribution in [2.24, 2.45) is 10.9 Å². The van der Waals surface area contributed by atoms with Crippen molar-refractivity contribution < 1.29 is 9.53 Å². The highest BCUT2D eigenvalue weighted by Gasteiger charge is 2.41. The van der Waals surface area contributed by atoms with Gasteiger partial charge < -0.3 is 19.9 Å². The number of hydrogen-bond donors (Lipinski definition) is 1. The number of morpholine rings is 1. The number of rotatable bonds is 6. The zero-order valence-electron chi connectivity index (χ0n) is 18.2. The van der Waals surface area contributed by atoms with Gasteiger partial charge in [-0.3, -0.25) is 9.69 Å². The first-order valence-corrected chi connectivity index (χ1v) is 10.6. The Bertz CT molecular complexity index is 692. The SMILES string of the molecule is CC(C)CNC(=NCC(=O)N(C)C)N1CC2OCCN(Cc3ccccc3)C2C1. The number of hydrogen-bond acceptors (Lipinski definition) is 4. The molecule has 1 aromatic rings. The summed E-state index contributed by atoms with van der Waals surface area (Å²) < 4.78 is 6.10. The highest BCUT2D eigenvalue weighted by atomic mass is 16.5. The Morgan fingerprint density at radius 2 is 2.03 bits per heavy atom. The first-order valence-electron chi connectivity index (χ1n) is 10.6. The summed E-state index contributed by atoms with van der Waals surface area (Å²) in [4.78, 5) is 23.0. The van der Waals surface area contributed by atoms with Crippen LogP contribution in [-0.2, 0) is 16.1 Å².